The highest BCUT2D eigenvalue weighted by molar-refractivity contribution is 5.51. The molecule has 0 amide bonds. The molecule has 4 heteroatoms. The van der Waals surface area contributed by atoms with Gasteiger partial charge in [-0.1, -0.05) is 12.1 Å². The Morgan fingerprint density at radius 3 is 2.90 bits per heavy atom. The quantitative estimate of drug-likeness (QED) is 0.840. The molecule has 0 atom stereocenters. The number of nitriles is 1. The topological polar surface area (TPSA) is 55.1 Å². The number of para-hydroxylation sites is 1. The molecule has 3 rings (SSSR count). The average molecular weight is 280 g/mol. The van der Waals surface area contributed by atoms with E-state index >= 15 is 0 Å². The number of pyridine rings is 1. The molecule has 0 fully saturated rings. The molecule has 0 radical (unpaired) electrons. The van der Waals surface area contributed by atoms with E-state index in [1.165, 1.54) is 0 Å². The molecular formula is C17H16N2O2. The Hall–Kier alpha value is -2.54. The van der Waals surface area contributed by atoms with Crippen molar-refractivity contribution in [2.75, 3.05) is 0 Å². The van der Waals surface area contributed by atoms with Crippen molar-refractivity contribution in [2.45, 2.75) is 32.8 Å². The molecule has 0 spiro atoms. The van der Waals surface area contributed by atoms with Gasteiger partial charge in [-0.05, 0) is 32.9 Å². The van der Waals surface area contributed by atoms with Gasteiger partial charge in [-0.2, -0.15) is 5.26 Å². The van der Waals surface area contributed by atoms with Gasteiger partial charge in [0.15, 0.2) is 11.5 Å². The minimum absolute atomic E-state index is 0.223. The van der Waals surface area contributed by atoms with Crippen LogP contribution in [-0.4, -0.2) is 10.6 Å². The second-order valence-electron chi connectivity index (χ2n) is 5.83. The van der Waals surface area contributed by atoms with Crippen LogP contribution in [0.1, 0.15) is 30.7 Å². The van der Waals surface area contributed by atoms with Crippen molar-refractivity contribution in [1.29, 1.82) is 5.26 Å². The van der Waals surface area contributed by atoms with E-state index in [1.807, 2.05) is 25.1 Å². The van der Waals surface area contributed by atoms with Crippen LogP contribution in [0.15, 0.2) is 30.3 Å². The van der Waals surface area contributed by atoms with Crippen molar-refractivity contribution in [3.8, 4) is 23.4 Å². The fraction of sp³-hybridized carbons (Fsp3) is 0.294. The highest BCUT2D eigenvalue weighted by atomic mass is 16.5. The first-order valence-electron chi connectivity index (χ1n) is 6.84. The Kier molecular flexibility index (Phi) is 3.06. The molecule has 0 saturated carbocycles. The number of fused-ring (bicyclic) bond motifs is 1. The summed E-state index contributed by atoms with van der Waals surface area (Å²) in [6.07, 6.45) is 0.851. The molecular weight excluding hydrogens is 264 g/mol. The van der Waals surface area contributed by atoms with Crippen LogP contribution in [0.2, 0.25) is 0 Å². The molecule has 1 aliphatic rings. The zero-order valence-electron chi connectivity index (χ0n) is 12.3. The summed E-state index contributed by atoms with van der Waals surface area (Å²) < 4.78 is 11.8. The van der Waals surface area contributed by atoms with Gasteiger partial charge in [0.25, 0.3) is 0 Å². The number of benzene rings is 1. The number of aromatic nitrogens is 1. The second kappa shape index (κ2) is 4.78. The Morgan fingerprint density at radius 1 is 1.33 bits per heavy atom. The monoisotopic (exact) mass is 280 g/mol. The van der Waals surface area contributed by atoms with Crippen molar-refractivity contribution >= 4 is 0 Å². The van der Waals surface area contributed by atoms with Gasteiger partial charge in [-0.3, -0.25) is 0 Å². The minimum atomic E-state index is -0.223. The standard InChI is InChI=1S/C17H16N2O2/c1-11-7-12(10-18)8-15(19-11)20-14-6-4-5-13-9-17(2,3)21-16(13)14/h4-8H,9H2,1-3H3. The van der Waals surface area contributed by atoms with E-state index in [0.717, 1.165) is 23.4 Å². The van der Waals surface area contributed by atoms with Gasteiger partial charge in [0, 0.05) is 23.7 Å². The molecule has 2 aromatic rings. The Bertz CT molecular complexity index is 745. The Balaban J connectivity index is 1.96. The number of hydrogen-bond donors (Lipinski definition) is 0. The summed E-state index contributed by atoms with van der Waals surface area (Å²) in [5.41, 5.74) is 2.19. The van der Waals surface area contributed by atoms with Crippen molar-refractivity contribution < 1.29 is 9.47 Å². The highest BCUT2D eigenvalue weighted by Gasteiger charge is 2.32. The molecule has 0 unspecified atom stereocenters. The zero-order valence-corrected chi connectivity index (χ0v) is 12.3. The number of rotatable bonds is 2. The molecule has 4 nitrogen and oxygen atoms in total. The van der Waals surface area contributed by atoms with Crippen molar-refractivity contribution in [2.24, 2.45) is 0 Å². The summed E-state index contributed by atoms with van der Waals surface area (Å²) in [6, 6.07) is 11.3. The van der Waals surface area contributed by atoms with Crippen molar-refractivity contribution in [1.82, 2.24) is 4.98 Å². The number of hydrogen-bond acceptors (Lipinski definition) is 4. The van der Waals surface area contributed by atoms with Crippen LogP contribution >= 0.6 is 0 Å². The van der Waals surface area contributed by atoms with Gasteiger partial charge in [0.1, 0.15) is 5.60 Å². The Morgan fingerprint density at radius 2 is 2.14 bits per heavy atom. The van der Waals surface area contributed by atoms with Crippen LogP contribution in [0, 0.1) is 18.3 Å². The molecule has 1 aromatic carbocycles. The fourth-order valence-electron chi connectivity index (χ4n) is 2.54. The van der Waals surface area contributed by atoms with Gasteiger partial charge in [-0.25, -0.2) is 4.98 Å². The summed E-state index contributed by atoms with van der Waals surface area (Å²) in [4.78, 5) is 4.31. The molecule has 0 N–H and O–H groups in total. The van der Waals surface area contributed by atoms with Crippen LogP contribution < -0.4 is 9.47 Å². The first-order chi connectivity index (χ1) is 9.97. The summed E-state index contributed by atoms with van der Waals surface area (Å²) in [5.74, 6) is 1.82. The molecule has 21 heavy (non-hydrogen) atoms. The minimum Gasteiger partial charge on any atom is -0.483 e. The largest absolute Gasteiger partial charge is 0.483 e. The summed E-state index contributed by atoms with van der Waals surface area (Å²) in [7, 11) is 0. The normalized spacial score (nSPS) is 15.0. The third-order valence-electron chi connectivity index (χ3n) is 3.33. The lowest BCUT2D eigenvalue weighted by Gasteiger charge is -2.18. The molecule has 1 aromatic heterocycles. The SMILES string of the molecule is Cc1cc(C#N)cc(Oc2cccc3c2OC(C)(C)C3)n1. The Labute approximate surface area is 124 Å². The van der Waals surface area contributed by atoms with Crippen LogP contribution in [-0.2, 0) is 6.42 Å². The molecule has 0 bridgehead atoms. The summed E-state index contributed by atoms with van der Waals surface area (Å²) in [6.45, 7) is 5.94. The fourth-order valence-corrected chi connectivity index (χ4v) is 2.54. The maximum Gasteiger partial charge on any atom is 0.220 e. The molecule has 0 aliphatic carbocycles. The van der Waals surface area contributed by atoms with Crippen LogP contribution in [0.5, 0.6) is 17.4 Å². The number of aryl methyl sites for hydroxylation is 1. The van der Waals surface area contributed by atoms with Gasteiger partial charge in [-0.15, -0.1) is 0 Å². The summed E-state index contributed by atoms with van der Waals surface area (Å²) in [5, 5.41) is 9.02. The first kappa shape index (κ1) is 13.4. The van der Waals surface area contributed by atoms with E-state index in [-0.39, 0.29) is 5.60 Å². The van der Waals surface area contributed by atoms with E-state index in [4.69, 9.17) is 14.7 Å². The summed E-state index contributed by atoms with van der Waals surface area (Å²) >= 11 is 0. The molecule has 0 saturated heterocycles. The lowest BCUT2D eigenvalue weighted by molar-refractivity contribution is 0.135. The highest BCUT2D eigenvalue weighted by Crippen LogP contribution is 2.43. The average Bonchev–Trinajstić information content (AvgIpc) is 2.73. The van der Waals surface area contributed by atoms with Crippen LogP contribution in [0.3, 0.4) is 0 Å². The number of nitrogens with zero attached hydrogens (tertiary/aromatic N) is 2. The third kappa shape index (κ3) is 2.68. The van der Waals surface area contributed by atoms with Crippen LogP contribution in [0.4, 0.5) is 0 Å². The molecule has 1 aliphatic heterocycles. The third-order valence-corrected chi connectivity index (χ3v) is 3.33. The smallest absolute Gasteiger partial charge is 0.220 e. The van der Waals surface area contributed by atoms with Gasteiger partial charge < -0.3 is 9.47 Å². The maximum atomic E-state index is 9.02. The maximum absolute atomic E-state index is 9.02. The van der Waals surface area contributed by atoms with Crippen molar-refractivity contribution in [3.05, 3.63) is 47.2 Å². The molecule has 2 heterocycles. The van der Waals surface area contributed by atoms with Crippen molar-refractivity contribution in [3.63, 3.8) is 0 Å². The van der Waals surface area contributed by atoms with E-state index < -0.39 is 0 Å². The second-order valence-corrected chi connectivity index (χ2v) is 5.83. The van der Waals surface area contributed by atoms with Gasteiger partial charge in [0.2, 0.25) is 5.88 Å². The predicted octanol–water partition coefficient (Wildman–Crippen LogP) is 3.77. The van der Waals surface area contributed by atoms with E-state index in [0.29, 0.717) is 17.2 Å². The molecule has 106 valence electrons. The number of ether oxygens (including phenoxy) is 2. The van der Waals surface area contributed by atoms with E-state index in [2.05, 4.69) is 24.9 Å². The lowest BCUT2D eigenvalue weighted by atomic mass is 10.0. The van der Waals surface area contributed by atoms with Gasteiger partial charge >= 0.3 is 0 Å². The zero-order chi connectivity index (χ0) is 15.0. The first-order valence-corrected chi connectivity index (χ1v) is 6.84. The lowest BCUT2D eigenvalue weighted by Crippen LogP contribution is -2.24. The predicted molar refractivity (Wildman–Crippen MR) is 78.6 cm³/mol. The van der Waals surface area contributed by atoms with E-state index in [9.17, 15) is 0 Å². The van der Waals surface area contributed by atoms with E-state index in [1.54, 1.807) is 12.1 Å². The van der Waals surface area contributed by atoms with Gasteiger partial charge in [0.05, 0.1) is 11.6 Å². The van der Waals surface area contributed by atoms with Crippen LogP contribution in [0.25, 0.3) is 0 Å².